The van der Waals surface area contributed by atoms with Gasteiger partial charge in [-0.05, 0) is 12.8 Å². The van der Waals surface area contributed by atoms with E-state index in [0.717, 1.165) is 12.8 Å². The van der Waals surface area contributed by atoms with E-state index in [9.17, 15) is 13.0 Å². The van der Waals surface area contributed by atoms with Crippen molar-refractivity contribution in [2.24, 2.45) is 0 Å². The van der Waals surface area contributed by atoms with E-state index in [1.54, 1.807) is 0 Å². The summed E-state index contributed by atoms with van der Waals surface area (Å²) in [7, 11) is -4.12. The molecule has 71 valence electrons. The average Bonchev–Trinajstić information content (AvgIpc) is 1.95. The average molecular weight is 191 g/mol. The first-order valence-corrected chi connectivity index (χ1v) is 5.55. The molecule has 1 radical (unpaired) electrons. The summed E-state index contributed by atoms with van der Waals surface area (Å²) in [6.07, 6.45) is 3.89. The zero-order chi connectivity index (χ0) is 9.61. The van der Waals surface area contributed by atoms with Gasteiger partial charge in [0.15, 0.2) is 0 Å². The first-order valence-electron chi connectivity index (χ1n) is 4.08. The number of allylic oxidation sites excluding steroid dienone is 1. The molecule has 0 N–H and O–H groups in total. The molecule has 0 aliphatic rings. The molecular weight excluding hydrogens is 176 g/mol. The van der Waals surface area contributed by atoms with Crippen LogP contribution in [0.25, 0.3) is 0 Å². The van der Waals surface area contributed by atoms with Gasteiger partial charge in [0.25, 0.3) is 10.1 Å². The van der Waals surface area contributed by atoms with Crippen LogP contribution in [0.1, 0.15) is 32.6 Å². The van der Waals surface area contributed by atoms with Crippen LogP contribution in [0.2, 0.25) is 0 Å². The van der Waals surface area contributed by atoms with Gasteiger partial charge in [0, 0.05) is 0 Å². The van der Waals surface area contributed by atoms with Crippen molar-refractivity contribution in [1.82, 2.24) is 0 Å². The van der Waals surface area contributed by atoms with Crippen molar-refractivity contribution in [3.8, 4) is 0 Å². The quantitative estimate of drug-likeness (QED) is 0.602. The molecule has 0 aromatic heterocycles. The Labute approximate surface area is 74.2 Å². The third-order valence-corrected chi connectivity index (χ3v) is 2.96. The van der Waals surface area contributed by atoms with Gasteiger partial charge >= 0.3 is 0 Å². The minimum absolute atomic E-state index is 0.270. The van der Waals surface area contributed by atoms with Crippen molar-refractivity contribution >= 4 is 10.1 Å². The Kier molecular flexibility index (Phi) is 5.17. The summed E-state index contributed by atoms with van der Waals surface area (Å²) in [5.41, 5.74) is 0. The highest BCUT2D eigenvalue weighted by Crippen LogP contribution is 2.13. The van der Waals surface area contributed by atoms with Crippen LogP contribution in [0.3, 0.4) is 0 Å². The molecule has 12 heavy (non-hydrogen) atoms. The van der Waals surface area contributed by atoms with E-state index in [0.29, 0.717) is 6.42 Å². The van der Waals surface area contributed by atoms with E-state index >= 15 is 0 Å². The zero-order valence-corrected chi connectivity index (χ0v) is 8.14. The third kappa shape index (κ3) is 4.51. The van der Waals surface area contributed by atoms with Gasteiger partial charge < -0.3 is 0 Å². The van der Waals surface area contributed by atoms with Gasteiger partial charge in [-0.2, -0.15) is 8.42 Å². The van der Waals surface area contributed by atoms with Crippen LogP contribution in [0.15, 0.2) is 12.7 Å². The van der Waals surface area contributed by atoms with Crippen LogP contribution < -0.4 is 0 Å². The molecule has 0 aliphatic heterocycles. The molecule has 3 nitrogen and oxygen atoms in total. The van der Waals surface area contributed by atoms with Crippen LogP contribution in [-0.2, 0) is 14.7 Å². The Hall–Kier alpha value is -0.350. The number of hydrogen-bond acceptors (Lipinski definition) is 2. The van der Waals surface area contributed by atoms with Crippen LogP contribution in [-0.4, -0.2) is 13.7 Å². The molecular formula is C8H15O3S. The van der Waals surface area contributed by atoms with Gasteiger partial charge in [-0.25, -0.2) is 0 Å². The molecule has 0 heterocycles. The van der Waals surface area contributed by atoms with E-state index in [1.165, 1.54) is 6.08 Å². The molecule has 0 saturated heterocycles. The first kappa shape index (κ1) is 11.6. The molecule has 1 atom stereocenters. The highest BCUT2D eigenvalue weighted by Gasteiger charge is 2.21. The lowest BCUT2D eigenvalue weighted by Gasteiger charge is -2.08. The normalized spacial score (nSPS) is 14.2. The van der Waals surface area contributed by atoms with Gasteiger partial charge in [-0.1, -0.05) is 30.4 Å². The Balaban J connectivity index is 4.14. The zero-order valence-electron chi connectivity index (χ0n) is 7.32. The van der Waals surface area contributed by atoms with Crippen molar-refractivity contribution < 1.29 is 13.0 Å². The standard InChI is InChI=1S/C8H15O3S/c1-3-5-7-8(6-4-2)12(9,10)11/h4,8H,2-3,5-7H2,1H3. The van der Waals surface area contributed by atoms with Gasteiger partial charge in [-0.3, -0.25) is 0 Å². The van der Waals surface area contributed by atoms with Crippen LogP contribution in [0, 0.1) is 0 Å². The van der Waals surface area contributed by atoms with Crippen LogP contribution in [0.5, 0.6) is 0 Å². The molecule has 4 heteroatoms. The van der Waals surface area contributed by atoms with Gasteiger partial charge in [0.05, 0.1) is 5.25 Å². The second-order valence-corrected chi connectivity index (χ2v) is 4.43. The summed E-state index contributed by atoms with van der Waals surface area (Å²) in [6, 6.07) is 0. The second kappa shape index (κ2) is 5.32. The largest absolute Gasteiger partial charge is 0.297 e. The summed E-state index contributed by atoms with van der Waals surface area (Å²) < 4.78 is 31.9. The summed E-state index contributed by atoms with van der Waals surface area (Å²) in [4.78, 5) is 0. The van der Waals surface area contributed by atoms with E-state index in [2.05, 4.69) is 6.58 Å². The smallest absolute Gasteiger partial charge is 0.197 e. The fourth-order valence-corrected chi connectivity index (χ4v) is 1.82. The van der Waals surface area contributed by atoms with Crippen molar-refractivity contribution in [2.45, 2.75) is 37.9 Å². The molecule has 0 amide bonds. The van der Waals surface area contributed by atoms with Gasteiger partial charge in [0.2, 0.25) is 0 Å². The monoisotopic (exact) mass is 191 g/mol. The molecule has 0 aromatic rings. The predicted molar refractivity (Wildman–Crippen MR) is 47.7 cm³/mol. The molecule has 0 spiro atoms. The number of rotatable bonds is 6. The minimum Gasteiger partial charge on any atom is -0.197 e. The number of hydrogen-bond donors (Lipinski definition) is 0. The topological polar surface area (TPSA) is 54.0 Å². The van der Waals surface area contributed by atoms with E-state index in [1.807, 2.05) is 6.92 Å². The lowest BCUT2D eigenvalue weighted by Crippen LogP contribution is -2.18. The van der Waals surface area contributed by atoms with Crippen molar-refractivity contribution in [3.63, 3.8) is 0 Å². The van der Waals surface area contributed by atoms with Gasteiger partial charge in [-0.15, -0.1) is 6.58 Å². The summed E-state index contributed by atoms with van der Waals surface area (Å²) in [6.45, 7) is 5.38. The summed E-state index contributed by atoms with van der Waals surface area (Å²) in [5.74, 6) is 0. The Morgan fingerprint density at radius 2 is 2.08 bits per heavy atom. The predicted octanol–water partition coefficient (Wildman–Crippen LogP) is 1.88. The van der Waals surface area contributed by atoms with Crippen molar-refractivity contribution in [3.05, 3.63) is 12.7 Å². The summed E-state index contributed by atoms with van der Waals surface area (Å²) in [5, 5.41) is -0.769. The second-order valence-electron chi connectivity index (χ2n) is 2.78. The molecule has 0 aromatic carbocycles. The third-order valence-electron chi connectivity index (χ3n) is 1.72. The summed E-state index contributed by atoms with van der Waals surface area (Å²) >= 11 is 0. The highest BCUT2D eigenvalue weighted by atomic mass is 32.2. The maximum atomic E-state index is 10.6. The fourth-order valence-electron chi connectivity index (χ4n) is 0.998. The molecule has 0 rings (SSSR count). The molecule has 0 saturated carbocycles. The Morgan fingerprint density at radius 1 is 1.50 bits per heavy atom. The molecule has 0 fully saturated rings. The minimum atomic E-state index is -4.12. The molecule has 0 bridgehead atoms. The molecule has 0 aliphatic carbocycles. The Morgan fingerprint density at radius 3 is 2.42 bits per heavy atom. The van der Waals surface area contributed by atoms with E-state index < -0.39 is 15.4 Å². The van der Waals surface area contributed by atoms with Crippen LogP contribution >= 0.6 is 0 Å². The van der Waals surface area contributed by atoms with Gasteiger partial charge in [0.1, 0.15) is 0 Å². The fraction of sp³-hybridized carbons (Fsp3) is 0.750. The maximum Gasteiger partial charge on any atom is 0.297 e. The first-order chi connectivity index (χ1) is 5.52. The maximum absolute atomic E-state index is 10.6. The lowest BCUT2D eigenvalue weighted by molar-refractivity contribution is 0.397. The van der Waals surface area contributed by atoms with E-state index in [-0.39, 0.29) is 6.42 Å². The lowest BCUT2D eigenvalue weighted by atomic mass is 10.1. The SMILES string of the molecule is C=CCC(CCCC)S([O])(=O)=O. The number of unbranched alkanes of at least 4 members (excludes halogenated alkanes) is 1. The van der Waals surface area contributed by atoms with Crippen LogP contribution in [0.4, 0.5) is 0 Å². The van der Waals surface area contributed by atoms with Crippen molar-refractivity contribution in [1.29, 1.82) is 0 Å². The Bertz CT molecular complexity index is 218. The highest BCUT2D eigenvalue weighted by molar-refractivity contribution is 7.86. The molecule has 1 unspecified atom stereocenters. The van der Waals surface area contributed by atoms with E-state index in [4.69, 9.17) is 0 Å². The van der Waals surface area contributed by atoms with Crippen molar-refractivity contribution in [2.75, 3.05) is 0 Å².